The van der Waals surface area contributed by atoms with Crippen LogP contribution in [0.4, 0.5) is 11.5 Å². The number of ketones is 1. The number of anilines is 1. The van der Waals surface area contributed by atoms with E-state index in [9.17, 15) is 29.3 Å². The zero-order chi connectivity index (χ0) is 23.5. The Kier molecular flexibility index (Phi) is 7.39. The highest BCUT2D eigenvalue weighted by Crippen LogP contribution is 2.25. The van der Waals surface area contributed by atoms with E-state index >= 15 is 0 Å². The number of Topliss-reactive ketones (excluding diaryl/α,β-unsaturated/α-hetero) is 1. The summed E-state index contributed by atoms with van der Waals surface area (Å²) in [5, 5.41) is 11.2. The SMILES string of the molecule is CSc1ccc([N+](=O)[O-])c(C(=O)OCC(=O)c2c(N)n(CC(C)C)c(=O)n(C)c2=O)c1. The monoisotopic (exact) mass is 450 g/mol. The van der Waals surface area contributed by atoms with Gasteiger partial charge in [-0.15, -0.1) is 11.8 Å². The van der Waals surface area contributed by atoms with Crippen molar-refractivity contribution in [2.75, 3.05) is 18.6 Å². The van der Waals surface area contributed by atoms with Crippen molar-refractivity contribution in [2.45, 2.75) is 25.3 Å². The lowest BCUT2D eigenvalue weighted by molar-refractivity contribution is -0.385. The van der Waals surface area contributed by atoms with Crippen LogP contribution < -0.4 is 17.0 Å². The predicted molar refractivity (Wildman–Crippen MR) is 115 cm³/mol. The van der Waals surface area contributed by atoms with E-state index in [1.54, 1.807) is 6.26 Å². The molecule has 1 aromatic carbocycles. The minimum absolute atomic E-state index is 0.00235. The van der Waals surface area contributed by atoms with Crippen LogP contribution in [0.1, 0.15) is 34.6 Å². The van der Waals surface area contributed by atoms with E-state index < -0.39 is 45.8 Å². The molecule has 12 heteroatoms. The molecule has 2 rings (SSSR count). The molecule has 11 nitrogen and oxygen atoms in total. The summed E-state index contributed by atoms with van der Waals surface area (Å²) < 4.78 is 6.80. The molecule has 1 aromatic heterocycles. The first-order valence-corrected chi connectivity index (χ1v) is 10.3. The molecule has 0 aliphatic carbocycles. The van der Waals surface area contributed by atoms with Crippen LogP contribution in [0.5, 0.6) is 0 Å². The zero-order valence-corrected chi connectivity index (χ0v) is 18.2. The molecule has 0 aliphatic rings. The Morgan fingerprint density at radius 3 is 2.48 bits per heavy atom. The molecule has 0 amide bonds. The van der Waals surface area contributed by atoms with E-state index in [4.69, 9.17) is 10.5 Å². The van der Waals surface area contributed by atoms with Gasteiger partial charge in [0, 0.05) is 24.6 Å². The van der Waals surface area contributed by atoms with Gasteiger partial charge in [0.1, 0.15) is 16.9 Å². The summed E-state index contributed by atoms with van der Waals surface area (Å²) in [4.78, 5) is 60.9. The Hall–Kier alpha value is -3.41. The Morgan fingerprint density at radius 1 is 1.29 bits per heavy atom. The van der Waals surface area contributed by atoms with Crippen molar-refractivity contribution in [1.82, 2.24) is 9.13 Å². The number of hydrogen-bond donors (Lipinski definition) is 1. The van der Waals surface area contributed by atoms with Gasteiger partial charge in [0.05, 0.1) is 4.92 Å². The normalized spacial score (nSPS) is 10.9. The van der Waals surface area contributed by atoms with Gasteiger partial charge in [-0.25, -0.2) is 9.59 Å². The molecule has 0 spiro atoms. The van der Waals surface area contributed by atoms with Crippen molar-refractivity contribution >= 4 is 35.0 Å². The summed E-state index contributed by atoms with van der Waals surface area (Å²) in [6, 6.07) is 3.93. The zero-order valence-electron chi connectivity index (χ0n) is 17.4. The maximum absolute atomic E-state index is 12.6. The number of nitro benzene ring substituents is 1. The maximum atomic E-state index is 12.6. The first-order valence-electron chi connectivity index (χ1n) is 9.11. The topological polar surface area (TPSA) is 157 Å². The van der Waals surface area contributed by atoms with Gasteiger partial charge in [-0.3, -0.25) is 28.8 Å². The van der Waals surface area contributed by atoms with E-state index in [2.05, 4.69) is 0 Å². The van der Waals surface area contributed by atoms with Crippen LogP contribution in [0.25, 0.3) is 0 Å². The number of nitrogens with zero attached hydrogens (tertiary/aromatic N) is 3. The van der Waals surface area contributed by atoms with Gasteiger partial charge in [-0.2, -0.15) is 0 Å². The number of nitrogen functional groups attached to an aromatic ring is 1. The van der Waals surface area contributed by atoms with Gasteiger partial charge < -0.3 is 10.5 Å². The van der Waals surface area contributed by atoms with E-state index in [-0.39, 0.29) is 23.8 Å². The lowest BCUT2D eigenvalue weighted by Gasteiger charge is -2.16. The van der Waals surface area contributed by atoms with Crippen molar-refractivity contribution in [3.63, 3.8) is 0 Å². The van der Waals surface area contributed by atoms with Gasteiger partial charge in [0.25, 0.3) is 11.2 Å². The fourth-order valence-electron chi connectivity index (χ4n) is 2.83. The predicted octanol–water partition coefficient (Wildman–Crippen LogP) is 1.46. The van der Waals surface area contributed by atoms with Crippen LogP contribution in [0.3, 0.4) is 0 Å². The lowest BCUT2D eigenvalue weighted by atomic mass is 10.1. The number of esters is 1. The number of aromatic nitrogens is 2. The Balaban J connectivity index is 2.37. The molecule has 166 valence electrons. The fraction of sp³-hybridized carbons (Fsp3) is 0.368. The molecular formula is C19H22N4O7S. The van der Waals surface area contributed by atoms with Crippen LogP contribution in [-0.2, 0) is 18.3 Å². The summed E-state index contributed by atoms with van der Waals surface area (Å²) in [5.41, 5.74) is 3.05. The number of thioether (sulfide) groups is 1. The van der Waals surface area contributed by atoms with Crippen molar-refractivity contribution in [2.24, 2.45) is 13.0 Å². The van der Waals surface area contributed by atoms with Crippen LogP contribution in [-0.4, -0.2) is 38.7 Å². The maximum Gasteiger partial charge on any atom is 0.345 e. The Labute approximate surface area is 181 Å². The molecule has 0 saturated carbocycles. The van der Waals surface area contributed by atoms with Crippen molar-refractivity contribution in [3.8, 4) is 0 Å². The number of rotatable bonds is 8. The smallest absolute Gasteiger partial charge is 0.345 e. The van der Waals surface area contributed by atoms with Crippen LogP contribution in [0, 0.1) is 16.0 Å². The molecule has 2 aromatic rings. The third-order valence-corrected chi connectivity index (χ3v) is 5.09. The van der Waals surface area contributed by atoms with Gasteiger partial charge in [0.2, 0.25) is 5.78 Å². The minimum atomic E-state index is -1.10. The van der Waals surface area contributed by atoms with Gasteiger partial charge in [-0.05, 0) is 24.3 Å². The van der Waals surface area contributed by atoms with Gasteiger partial charge in [-0.1, -0.05) is 13.8 Å². The molecule has 0 saturated heterocycles. The average Bonchev–Trinajstić information content (AvgIpc) is 2.72. The molecule has 0 radical (unpaired) electrons. The first kappa shape index (κ1) is 23.9. The second-order valence-electron chi connectivity index (χ2n) is 7.05. The molecule has 0 fully saturated rings. The molecule has 0 atom stereocenters. The lowest BCUT2D eigenvalue weighted by Crippen LogP contribution is -2.43. The third-order valence-electron chi connectivity index (χ3n) is 4.36. The molecule has 0 bridgehead atoms. The van der Waals surface area contributed by atoms with Crippen molar-refractivity contribution in [3.05, 3.63) is 60.3 Å². The van der Waals surface area contributed by atoms with E-state index in [1.165, 1.54) is 37.0 Å². The summed E-state index contributed by atoms with van der Waals surface area (Å²) in [5.74, 6) is -2.34. The number of carbonyl (C=O) groups excluding carboxylic acids is 2. The van der Waals surface area contributed by atoms with Crippen molar-refractivity contribution in [1.29, 1.82) is 0 Å². The van der Waals surface area contributed by atoms with Crippen LogP contribution >= 0.6 is 11.8 Å². The summed E-state index contributed by atoms with van der Waals surface area (Å²) >= 11 is 1.26. The number of carbonyl (C=O) groups is 2. The van der Waals surface area contributed by atoms with Gasteiger partial charge >= 0.3 is 11.7 Å². The second kappa shape index (κ2) is 9.60. The highest BCUT2D eigenvalue weighted by molar-refractivity contribution is 7.98. The van der Waals surface area contributed by atoms with Gasteiger partial charge in [0.15, 0.2) is 6.61 Å². The number of hydrogen-bond acceptors (Lipinski definition) is 9. The standard InChI is InChI=1S/C19H22N4O7S/c1-10(2)8-22-16(20)15(17(25)21(3)19(22)27)14(24)9-30-18(26)12-7-11(31-4)5-6-13(12)23(28)29/h5-7,10H,8-9,20H2,1-4H3. The first-order chi connectivity index (χ1) is 14.5. The largest absolute Gasteiger partial charge is 0.453 e. The Morgan fingerprint density at radius 2 is 1.94 bits per heavy atom. The van der Waals surface area contributed by atoms with Crippen LogP contribution in [0.2, 0.25) is 0 Å². The highest BCUT2D eigenvalue weighted by atomic mass is 32.2. The number of ether oxygens (including phenoxy) is 1. The van der Waals surface area contributed by atoms with E-state index in [0.717, 1.165) is 9.13 Å². The Bertz CT molecular complexity index is 1170. The summed E-state index contributed by atoms with van der Waals surface area (Å²) in [6.07, 6.45) is 1.73. The highest BCUT2D eigenvalue weighted by Gasteiger charge is 2.26. The van der Waals surface area contributed by atoms with E-state index in [0.29, 0.717) is 4.90 Å². The molecule has 0 unspecified atom stereocenters. The molecule has 31 heavy (non-hydrogen) atoms. The summed E-state index contributed by atoms with van der Waals surface area (Å²) in [7, 11) is 1.21. The molecule has 2 N–H and O–H groups in total. The second-order valence-corrected chi connectivity index (χ2v) is 7.93. The number of nitrogens with two attached hydrogens (primary N) is 1. The molecular weight excluding hydrogens is 428 g/mol. The quantitative estimate of drug-likeness (QED) is 0.207. The van der Waals surface area contributed by atoms with Crippen LogP contribution in [0.15, 0.2) is 32.7 Å². The van der Waals surface area contributed by atoms with E-state index in [1.807, 2.05) is 13.8 Å². The summed E-state index contributed by atoms with van der Waals surface area (Å²) in [6.45, 7) is 2.96. The molecule has 1 heterocycles. The average molecular weight is 450 g/mol. The molecule has 0 aliphatic heterocycles. The third kappa shape index (κ3) is 5.02. The fourth-order valence-corrected chi connectivity index (χ4v) is 3.27. The minimum Gasteiger partial charge on any atom is -0.453 e. The van der Waals surface area contributed by atoms with Crippen molar-refractivity contribution < 1.29 is 19.2 Å². The number of nitro groups is 1. The number of benzene rings is 1.